The Labute approximate surface area is 101 Å². The van der Waals surface area contributed by atoms with Crippen molar-refractivity contribution in [1.82, 2.24) is 9.55 Å². The third kappa shape index (κ3) is 2.72. The lowest BCUT2D eigenvalue weighted by molar-refractivity contribution is 0.172. The third-order valence-corrected chi connectivity index (χ3v) is 2.65. The van der Waals surface area contributed by atoms with E-state index in [0.29, 0.717) is 6.54 Å². The summed E-state index contributed by atoms with van der Waals surface area (Å²) in [6.07, 6.45) is 3.14. The maximum Gasteiger partial charge on any atom is 0.130 e. The molecule has 1 aromatic carbocycles. The highest BCUT2D eigenvalue weighted by atomic mass is 16.3. The molecule has 0 radical (unpaired) electrons. The number of benzene rings is 1. The van der Waals surface area contributed by atoms with Gasteiger partial charge >= 0.3 is 0 Å². The van der Waals surface area contributed by atoms with Gasteiger partial charge in [0, 0.05) is 18.9 Å². The van der Waals surface area contributed by atoms with Gasteiger partial charge in [-0.1, -0.05) is 30.3 Å². The second-order valence-corrected chi connectivity index (χ2v) is 4.18. The highest BCUT2D eigenvalue weighted by Crippen LogP contribution is 2.17. The maximum absolute atomic E-state index is 9.41. The van der Waals surface area contributed by atoms with Gasteiger partial charge in [-0.05, 0) is 12.5 Å². The Hall–Kier alpha value is -1.65. The van der Waals surface area contributed by atoms with Crippen molar-refractivity contribution in [1.29, 1.82) is 0 Å². The molecule has 0 saturated carbocycles. The van der Waals surface area contributed by atoms with Crippen molar-refractivity contribution in [2.45, 2.75) is 25.6 Å². The standard InChI is InChI=1S/C13H17N3O/c1-10(17)9-16-8-7-15-13(16)12(14)11-5-3-2-4-6-11/h2-8,10,12,17H,9,14H2,1H3. The van der Waals surface area contributed by atoms with Crippen LogP contribution in [0.2, 0.25) is 0 Å². The SMILES string of the molecule is CC(O)Cn1ccnc1C(N)c1ccccc1. The first-order valence-electron chi connectivity index (χ1n) is 5.68. The summed E-state index contributed by atoms with van der Waals surface area (Å²) in [5.74, 6) is 0.775. The molecule has 0 aliphatic heterocycles. The van der Waals surface area contributed by atoms with Crippen LogP contribution >= 0.6 is 0 Å². The van der Waals surface area contributed by atoms with E-state index in [1.807, 2.05) is 41.1 Å². The number of aliphatic hydroxyl groups excluding tert-OH is 1. The predicted octanol–water partition coefficient (Wildman–Crippen LogP) is 1.31. The van der Waals surface area contributed by atoms with E-state index in [0.717, 1.165) is 11.4 Å². The van der Waals surface area contributed by atoms with E-state index in [-0.39, 0.29) is 6.04 Å². The molecule has 0 saturated heterocycles. The molecule has 4 nitrogen and oxygen atoms in total. The smallest absolute Gasteiger partial charge is 0.130 e. The van der Waals surface area contributed by atoms with E-state index >= 15 is 0 Å². The molecule has 90 valence electrons. The van der Waals surface area contributed by atoms with Crippen LogP contribution in [-0.4, -0.2) is 20.8 Å². The normalized spacial score (nSPS) is 14.5. The highest BCUT2D eigenvalue weighted by molar-refractivity contribution is 5.24. The molecule has 0 aliphatic carbocycles. The molecule has 1 aromatic heterocycles. The summed E-state index contributed by atoms with van der Waals surface area (Å²) in [6.45, 7) is 2.26. The summed E-state index contributed by atoms with van der Waals surface area (Å²) in [7, 11) is 0. The van der Waals surface area contributed by atoms with Crippen LogP contribution in [0.5, 0.6) is 0 Å². The Bertz CT molecular complexity index is 465. The Balaban J connectivity index is 2.25. The average molecular weight is 231 g/mol. The quantitative estimate of drug-likeness (QED) is 0.834. The van der Waals surface area contributed by atoms with Gasteiger partial charge < -0.3 is 15.4 Å². The first-order valence-corrected chi connectivity index (χ1v) is 5.68. The Morgan fingerprint density at radius 1 is 1.35 bits per heavy atom. The lowest BCUT2D eigenvalue weighted by Crippen LogP contribution is -2.21. The van der Waals surface area contributed by atoms with Gasteiger partial charge in [-0.2, -0.15) is 0 Å². The van der Waals surface area contributed by atoms with Crippen LogP contribution in [0.15, 0.2) is 42.7 Å². The van der Waals surface area contributed by atoms with E-state index in [4.69, 9.17) is 5.73 Å². The molecule has 1 heterocycles. The second-order valence-electron chi connectivity index (χ2n) is 4.18. The van der Waals surface area contributed by atoms with Crippen LogP contribution in [0.4, 0.5) is 0 Å². The van der Waals surface area contributed by atoms with Gasteiger partial charge in [-0.25, -0.2) is 4.98 Å². The molecule has 2 atom stereocenters. The largest absolute Gasteiger partial charge is 0.392 e. The zero-order valence-electron chi connectivity index (χ0n) is 9.82. The third-order valence-electron chi connectivity index (χ3n) is 2.65. The van der Waals surface area contributed by atoms with Crippen molar-refractivity contribution in [2.75, 3.05) is 0 Å². The van der Waals surface area contributed by atoms with Crippen LogP contribution in [0, 0.1) is 0 Å². The number of nitrogens with zero attached hydrogens (tertiary/aromatic N) is 2. The van der Waals surface area contributed by atoms with E-state index in [1.54, 1.807) is 13.1 Å². The zero-order chi connectivity index (χ0) is 12.3. The monoisotopic (exact) mass is 231 g/mol. The molecular formula is C13H17N3O. The fourth-order valence-electron chi connectivity index (χ4n) is 1.85. The lowest BCUT2D eigenvalue weighted by Gasteiger charge is -2.15. The summed E-state index contributed by atoms with van der Waals surface area (Å²) >= 11 is 0. The molecule has 2 unspecified atom stereocenters. The first-order chi connectivity index (χ1) is 8.18. The van der Waals surface area contributed by atoms with Crippen LogP contribution < -0.4 is 5.73 Å². The topological polar surface area (TPSA) is 64.1 Å². The number of hydrogen-bond acceptors (Lipinski definition) is 3. The number of hydrogen-bond donors (Lipinski definition) is 2. The molecule has 17 heavy (non-hydrogen) atoms. The van der Waals surface area contributed by atoms with Crippen LogP contribution in [-0.2, 0) is 6.54 Å². The Morgan fingerprint density at radius 2 is 2.06 bits per heavy atom. The average Bonchev–Trinajstić information content (AvgIpc) is 2.76. The molecule has 0 fully saturated rings. The predicted molar refractivity (Wildman–Crippen MR) is 66.4 cm³/mol. The molecule has 2 rings (SSSR count). The minimum Gasteiger partial charge on any atom is -0.392 e. The van der Waals surface area contributed by atoms with Crippen LogP contribution in [0.25, 0.3) is 0 Å². The highest BCUT2D eigenvalue weighted by Gasteiger charge is 2.14. The fourth-order valence-corrected chi connectivity index (χ4v) is 1.85. The number of imidazole rings is 1. The summed E-state index contributed by atoms with van der Waals surface area (Å²) < 4.78 is 1.89. The van der Waals surface area contributed by atoms with Gasteiger partial charge in [0.1, 0.15) is 5.82 Å². The van der Waals surface area contributed by atoms with Gasteiger partial charge in [-0.15, -0.1) is 0 Å². The zero-order valence-corrected chi connectivity index (χ0v) is 9.82. The van der Waals surface area contributed by atoms with Crippen molar-refractivity contribution in [3.05, 3.63) is 54.1 Å². The van der Waals surface area contributed by atoms with Gasteiger partial charge in [0.25, 0.3) is 0 Å². The summed E-state index contributed by atoms with van der Waals surface area (Å²) in [4.78, 5) is 4.27. The van der Waals surface area contributed by atoms with E-state index in [1.165, 1.54) is 0 Å². The molecule has 0 amide bonds. The van der Waals surface area contributed by atoms with Crippen molar-refractivity contribution in [3.63, 3.8) is 0 Å². The Morgan fingerprint density at radius 3 is 2.71 bits per heavy atom. The molecule has 0 spiro atoms. The summed E-state index contributed by atoms with van der Waals surface area (Å²) in [5, 5.41) is 9.41. The molecular weight excluding hydrogens is 214 g/mol. The summed E-state index contributed by atoms with van der Waals surface area (Å²) in [6, 6.07) is 9.56. The number of nitrogens with two attached hydrogens (primary N) is 1. The number of aromatic nitrogens is 2. The first kappa shape index (κ1) is 11.8. The molecule has 2 aromatic rings. The second kappa shape index (κ2) is 5.12. The summed E-state index contributed by atoms with van der Waals surface area (Å²) in [5.41, 5.74) is 7.19. The van der Waals surface area contributed by atoms with E-state index in [9.17, 15) is 5.11 Å². The number of aliphatic hydroxyl groups is 1. The van der Waals surface area contributed by atoms with Gasteiger partial charge in [0.15, 0.2) is 0 Å². The Kier molecular flexibility index (Phi) is 3.56. The van der Waals surface area contributed by atoms with E-state index in [2.05, 4.69) is 4.98 Å². The minimum absolute atomic E-state index is 0.259. The fraction of sp³-hybridized carbons (Fsp3) is 0.308. The van der Waals surface area contributed by atoms with Crippen LogP contribution in [0.1, 0.15) is 24.4 Å². The van der Waals surface area contributed by atoms with Gasteiger partial charge in [0.2, 0.25) is 0 Å². The molecule has 3 N–H and O–H groups in total. The van der Waals surface area contributed by atoms with Gasteiger partial charge in [-0.3, -0.25) is 0 Å². The maximum atomic E-state index is 9.41. The molecule has 4 heteroatoms. The van der Waals surface area contributed by atoms with Crippen LogP contribution in [0.3, 0.4) is 0 Å². The number of rotatable bonds is 4. The van der Waals surface area contributed by atoms with Crippen molar-refractivity contribution in [2.24, 2.45) is 5.73 Å². The lowest BCUT2D eigenvalue weighted by atomic mass is 10.1. The van der Waals surface area contributed by atoms with Crippen molar-refractivity contribution in [3.8, 4) is 0 Å². The van der Waals surface area contributed by atoms with Crippen molar-refractivity contribution < 1.29 is 5.11 Å². The minimum atomic E-state index is -0.411. The molecule has 0 aliphatic rings. The van der Waals surface area contributed by atoms with Gasteiger partial charge in [0.05, 0.1) is 12.1 Å². The van der Waals surface area contributed by atoms with Crippen molar-refractivity contribution >= 4 is 0 Å². The van der Waals surface area contributed by atoms with E-state index < -0.39 is 6.10 Å². The molecule has 0 bridgehead atoms.